The summed E-state index contributed by atoms with van der Waals surface area (Å²) in [5, 5.41) is 2.66. The minimum absolute atomic E-state index is 0.0491. The first-order valence-corrected chi connectivity index (χ1v) is 12.9. The van der Waals surface area contributed by atoms with Crippen LogP contribution in [0.3, 0.4) is 0 Å². The van der Waals surface area contributed by atoms with Gasteiger partial charge in [0.15, 0.2) is 0 Å². The van der Waals surface area contributed by atoms with E-state index in [4.69, 9.17) is 0 Å². The number of nitrogens with one attached hydrogen (secondary N) is 3. The molecule has 32 heavy (non-hydrogen) atoms. The highest BCUT2D eigenvalue weighted by Crippen LogP contribution is 2.21. The Morgan fingerprint density at radius 1 is 0.719 bits per heavy atom. The van der Waals surface area contributed by atoms with Gasteiger partial charge in [0.25, 0.3) is 15.9 Å². The van der Waals surface area contributed by atoms with Gasteiger partial charge in [-0.1, -0.05) is 12.1 Å². The van der Waals surface area contributed by atoms with Gasteiger partial charge in [0.2, 0.25) is 10.0 Å². The fourth-order valence-electron chi connectivity index (χ4n) is 2.88. The average Bonchev–Trinajstić information content (AvgIpc) is 2.70. The van der Waals surface area contributed by atoms with Crippen molar-refractivity contribution in [2.24, 2.45) is 0 Å². The molecule has 0 aliphatic carbocycles. The second kappa shape index (κ2) is 9.01. The van der Waals surface area contributed by atoms with Crippen LogP contribution in [0.25, 0.3) is 0 Å². The molecule has 0 spiro atoms. The van der Waals surface area contributed by atoms with Crippen LogP contribution in [-0.4, -0.2) is 29.0 Å². The molecule has 0 radical (unpaired) electrons. The second-order valence-electron chi connectivity index (χ2n) is 7.34. The van der Waals surface area contributed by atoms with Crippen LogP contribution in [0.1, 0.15) is 21.5 Å². The van der Waals surface area contributed by atoms with Crippen LogP contribution < -0.4 is 14.8 Å². The van der Waals surface area contributed by atoms with E-state index in [0.717, 1.165) is 17.4 Å². The van der Waals surface area contributed by atoms with Gasteiger partial charge in [-0.3, -0.25) is 14.2 Å². The fraction of sp³-hybridized carbons (Fsp3) is 0.136. The molecule has 0 aliphatic rings. The largest absolute Gasteiger partial charge is 0.322 e. The number of carbonyl (C=O) groups is 1. The molecule has 0 fully saturated rings. The van der Waals surface area contributed by atoms with Crippen molar-refractivity contribution < 1.29 is 21.6 Å². The van der Waals surface area contributed by atoms with Crippen LogP contribution in [0.2, 0.25) is 0 Å². The number of benzene rings is 3. The Kier molecular flexibility index (Phi) is 6.56. The van der Waals surface area contributed by atoms with Crippen LogP contribution in [0.5, 0.6) is 0 Å². The first-order chi connectivity index (χ1) is 14.9. The lowest BCUT2D eigenvalue weighted by molar-refractivity contribution is 0.102. The van der Waals surface area contributed by atoms with Crippen LogP contribution in [0, 0.1) is 13.8 Å². The topological polar surface area (TPSA) is 121 Å². The molecule has 0 bridgehead atoms. The quantitative estimate of drug-likeness (QED) is 0.483. The monoisotopic (exact) mass is 473 g/mol. The first kappa shape index (κ1) is 23.3. The highest BCUT2D eigenvalue weighted by Gasteiger charge is 2.15. The van der Waals surface area contributed by atoms with Crippen LogP contribution in [-0.2, 0) is 20.0 Å². The zero-order valence-corrected chi connectivity index (χ0v) is 19.3. The van der Waals surface area contributed by atoms with Crippen molar-refractivity contribution in [2.45, 2.75) is 18.7 Å². The van der Waals surface area contributed by atoms with Gasteiger partial charge in [0.1, 0.15) is 0 Å². The number of hydrogen-bond acceptors (Lipinski definition) is 5. The van der Waals surface area contributed by atoms with E-state index in [1.165, 1.54) is 42.5 Å². The summed E-state index contributed by atoms with van der Waals surface area (Å²) in [6.07, 6.45) is 1.02. The van der Waals surface area contributed by atoms with Gasteiger partial charge >= 0.3 is 0 Å². The summed E-state index contributed by atoms with van der Waals surface area (Å²) in [6, 6.07) is 17.0. The predicted molar refractivity (Wildman–Crippen MR) is 126 cm³/mol. The number of amides is 1. The zero-order chi connectivity index (χ0) is 23.5. The highest BCUT2D eigenvalue weighted by atomic mass is 32.2. The molecule has 0 saturated carbocycles. The third kappa shape index (κ3) is 6.08. The minimum Gasteiger partial charge on any atom is -0.322 e. The summed E-state index contributed by atoms with van der Waals surface area (Å²) in [5.74, 6) is -0.467. The molecule has 0 aliphatic heterocycles. The first-order valence-electron chi connectivity index (χ1n) is 9.52. The normalized spacial score (nSPS) is 11.6. The maximum Gasteiger partial charge on any atom is 0.261 e. The summed E-state index contributed by atoms with van der Waals surface area (Å²) < 4.78 is 52.9. The van der Waals surface area contributed by atoms with Crippen molar-refractivity contribution in [3.63, 3.8) is 0 Å². The lowest BCUT2D eigenvalue weighted by Crippen LogP contribution is -2.15. The SMILES string of the molecule is Cc1ccc(NS(=O)(=O)c2ccc(NC(=O)c3cccc(NS(C)(=O)=O)c3)cc2)cc1C. The van der Waals surface area contributed by atoms with Gasteiger partial charge in [-0.15, -0.1) is 0 Å². The van der Waals surface area contributed by atoms with Gasteiger partial charge in [0.05, 0.1) is 11.2 Å². The van der Waals surface area contributed by atoms with Crippen LogP contribution >= 0.6 is 0 Å². The molecule has 3 aromatic carbocycles. The van der Waals surface area contributed by atoms with Gasteiger partial charge in [-0.2, -0.15) is 0 Å². The number of rotatable bonds is 7. The molecular formula is C22H23N3O5S2. The van der Waals surface area contributed by atoms with E-state index in [2.05, 4.69) is 14.8 Å². The Hall–Kier alpha value is -3.37. The zero-order valence-electron chi connectivity index (χ0n) is 17.7. The molecule has 0 atom stereocenters. The van der Waals surface area contributed by atoms with E-state index in [9.17, 15) is 21.6 Å². The maximum atomic E-state index is 12.6. The molecule has 3 rings (SSSR count). The summed E-state index contributed by atoms with van der Waals surface area (Å²) in [6.45, 7) is 3.84. The smallest absolute Gasteiger partial charge is 0.261 e. The highest BCUT2D eigenvalue weighted by molar-refractivity contribution is 7.92. The van der Waals surface area contributed by atoms with E-state index in [1.807, 2.05) is 19.9 Å². The summed E-state index contributed by atoms with van der Waals surface area (Å²) in [7, 11) is -7.26. The van der Waals surface area contributed by atoms with Gasteiger partial charge in [-0.05, 0) is 79.6 Å². The predicted octanol–water partition coefficient (Wildman–Crippen LogP) is 3.73. The molecular weight excluding hydrogens is 450 g/mol. The number of hydrogen-bond donors (Lipinski definition) is 3. The summed E-state index contributed by atoms with van der Waals surface area (Å²) in [4.78, 5) is 12.5. The average molecular weight is 474 g/mol. The molecule has 168 valence electrons. The Balaban J connectivity index is 1.72. The van der Waals surface area contributed by atoms with Crippen molar-refractivity contribution >= 4 is 43.0 Å². The Morgan fingerprint density at radius 2 is 1.34 bits per heavy atom. The molecule has 8 nitrogen and oxygen atoms in total. The van der Waals surface area contributed by atoms with Crippen molar-refractivity contribution in [3.8, 4) is 0 Å². The summed E-state index contributed by atoms with van der Waals surface area (Å²) in [5.41, 5.74) is 3.39. The third-order valence-electron chi connectivity index (χ3n) is 4.61. The number of carbonyl (C=O) groups excluding carboxylic acids is 1. The summed E-state index contributed by atoms with van der Waals surface area (Å²) >= 11 is 0. The van der Waals surface area contributed by atoms with Crippen molar-refractivity contribution in [3.05, 3.63) is 83.4 Å². The number of sulfonamides is 2. The molecule has 0 saturated heterocycles. The molecule has 10 heteroatoms. The molecule has 3 N–H and O–H groups in total. The Labute approximate surface area is 187 Å². The molecule has 0 unspecified atom stereocenters. The van der Waals surface area contributed by atoms with Crippen LogP contribution in [0.15, 0.2) is 71.6 Å². The van der Waals surface area contributed by atoms with E-state index in [-0.39, 0.29) is 16.1 Å². The fourth-order valence-corrected chi connectivity index (χ4v) is 4.48. The third-order valence-corrected chi connectivity index (χ3v) is 6.61. The minimum atomic E-state index is -3.79. The van der Waals surface area contributed by atoms with E-state index in [0.29, 0.717) is 11.4 Å². The van der Waals surface area contributed by atoms with Crippen molar-refractivity contribution in [2.75, 3.05) is 21.0 Å². The van der Waals surface area contributed by atoms with Crippen molar-refractivity contribution in [1.29, 1.82) is 0 Å². The molecule has 1 amide bonds. The van der Waals surface area contributed by atoms with Gasteiger partial charge in [0, 0.05) is 22.6 Å². The van der Waals surface area contributed by atoms with Gasteiger partial charge < -0.3 is 5.32 Å². The van der Waals surface area contributed by atoms with E-state index in [1.54, 1.807) is 18.2 Å². The lowest BCUT2D eigenvalue weighted by Gasteiger charge is -2.11. The molecule has 0 heterocycles. The Bertz CT molecular complexity index is 1370. The van der Waals surface area contributed by atoms with E-state index >= 15 is 0 Å². The van der Waals surface area contributed by atoms with Crippen LogP contribution in [0.4, 0.5) is 17.1 Å². The number of anilines is 3. The maximum absolute atomic E-state index is 12.6. The molecule has 0 aromatic heterocycles. The lowest BCUT2D eigenvalue weighted by atomic mass is 10.1. The molecule has 3 aromatic rings. The van der Waals surface area contributed by atoms with Crippen molar-refractivity contribution in [1.82, 2.24) is 0 Å². The number of aryl methyl sites for hydroxylation is 2. The Morgan fingerprint density at radius 3 is 1.97 bits per heavy atom. The van der Waals surface area contributed by atoms with E-state index < -0.39 is 26.0 Å². The second-order valence-corrected chi connectivity index (χ2v) is 10.8. The van der Waals surface area contributed by atoms with Gasteiger partial charge in [-0.25, -0.2) is 16.8 Å². The standard InChI is InChI=1S/C22H23N3O5S2/c1-15-7-8-20(13-16(15)2)25-32(29,30)21-11-9-18(10-12-21)23-22(26)17-5-4-6-19(14-17)24-31(3,27)28/h4-14,24-25H,1-3H3,(H,23,26).